The standard InChI is InChI=1S/C11H14ClNO3/c1-8(16-2)7-13(11(14)15)10-6-4-3-5-9(10)12/h3-6,8H,7H2,1-2H3,(H,14,15)/t8-/m0/s1. The summed E-state index contributed by atoms with van der Waals surface area (Å²) in [6, 6.07) is 6.82. The van der Waals surface area contributed by atoms with E-state index in [1.807, 2.05) is 0 Å². The second-order valence-electron chi connectivity index (χ2n) is 3.39. The first kappa shape index (κ1) is 12.8. The zero-order valence-electron chi connectivity index (χ0n) is 9.18. The number of anilines is 1. The number of nitrogens with zero attached hydrogens (tertiary/aromatic N) is 1. The number of halogens is 1. The van der Waals surface area contributed by atoms with E-state index < -0.39 is 6.09 Å². The lowest BCUT2D eigenvalue weighted by molar-refractivity contribution is 0.121. The third-order valence-corrected chi connectivity index (χ3v) is 2.54. The molecule has 1 aromatic rings. The van der Waals surface area contributed by atoms with Crippen molar-refractivity contribution in [1.29, 1.82) is 0 Å². The molecule has 88 valence electrons. The Hall–Kier alpha value is -1.26. The van der Waals surface area contributed by atoms with E-state index in [-0.39, 0.29) is 12.6 Å². The molecule has 0 heterocycles. The summed E-state index contributed by atoms with van der Waals surface area (Å²) in [5.74, 6) is 0. The highest BCUT2D eigenvalue weighted by atomic mass is 35.5. The van der Waals surface area contributed by atoms with Crippen molar-refractivity contribution < 1.29 is 14.6 Å². The van der Waals surface area contributed by atoms with E-state index >= 15 is 0 Å². The molecule has 0 aromatic heterocycles. The van der Waals surface area contributed by atoms with Crippen LogP contribution in [0.2, 0.25) is 5.02 Å². The Morgan fingerprint density at radius 1 is 1.56 bits per heavy atom. The van der Waals surface area contributed by atoms with E-state index in [0.29, 0.717) is 10.7 Å². The van der Waals surface area contributed by atoms with Crippen LogP contribution in [-0.4, -0.2) is 31.0 Å². The number of hydrogen-bond acceptors (Lipinski definition) is 2. The van der Waals surface area contributed by atoms with Crippen LogP contribution in [0.15, 0.2) is 24.3 Å². The summed E-state index contributed by atoms with van der Waals surface area (Å²) < 4.78 is 5.04. The molecule has 0 bridgehead atoms. The Labute approximate surface area is 99.4 Å². The molecule has 0 fully saturated rings. The van der Waals surface area contributed by atoms with Crippen molar-refractivity contribution in [2.24, 2.45) is 0 Å². The van der Waals surface area contributed by atoms with Crippen molar-refractivity contribution in [2.45, 2.75) is 13.0 Å². The van der Waals surface area contributed by atoms with E-state index in [0.717, 1.165) is 0 Å². The van der Waals surface area contributed by atoms with Crippen LogP contribution in [-0.2, 0) is 4.74 Å². The molecule has 4 nitrogen and oxygen atoms in total. The quantitative estimate of drug-likeness (QED) is 0.885. The minimum atomic E-state index is -1.04. The molecule has 0 aliphatic heterocycles. The molecular weight excluding hydrogens is 230 g/mol. The number of para-hydroxylation sites is 1. The zero-order valence-corrected chi connectivity index (χ0v) is 9.94. The summed E-state index contributed by atoms with van der Waals surface area (Å²) in [7, 11) is 1.54. The number of rotatable bonds is 4. The lowest BCUT2D eigenvalue weighted by Crippen LogP contribution is -2.36. The van der Waals surface area contributed by atoms with Crippen molar-refractivity contribution in [3.63, 3.8) is 0 Å². The van der Waals surface area contributed by atoms with E-state index in [9.17, 15) is 4.79 Å². The van der Waals surface area contributed by atoms with Gasteiger partial charge in [-0.2, -0.15) is 0 Å². The Balaban J connectivity index is 2.94. The van der Waals surface area contributed by atoms with Gasteiger partial charge in [-0.05, 0) is 19.1 Å². The molecule has 0 aliphatic rings. The lowest BCUT2D eigenvalue weighted by Gasteiger charge is -2.23. The molecule has 16 heavy (non-hydrogen) atoms. The Bertz CT molecular complexity index is 370. The van der Waals surface area contributed by atoms with Gasteiger partial charge in [0.15, 0.2) is 0 Å². The Morgan fingerprint density at radius 3 is 2.69 bits per heavy atom. The van der Waals surface area contributed by atoms with Gasteiger partial charge in [-0.15, -0.1) is 0 Å². The van der Waals surface area contributed by atoms with Gasteiger partial charge in [-0.25, -0.2) is 4.79 Å². The first-order valence-corrected chi connectivity index (χ1v) is 5.22. The van der Waals surface area contributed by atoms with Gasteiger partial charge in [0, 0.05) is 7.11 Å². The molecule has 0 saturated heterocycles. The molecule has 1 rings (SSSR count). The number of methoxy groups -OCH3 is 1. The summed E-state index contributed by atoms with van der Waals surface area (Å²) in [4.78, 5) is 12.3. The molecule has 0 spiro atoms. The van der Waals surface area contributed by atoms with Crippen LogP contribution >= 0.6 is 11.6 Å². The molecule has 0 aliphatic carbocycles. The van der Waals surface area contributed by atoms with Crippen LogP contribution in [0.1, 0.15) is 6.92 Å². The fourth-order valence-corrected chi connectivity index (χ4v) is 1.52. The Morgan fingerprint density at radius 2 is 2.19 bits per heavy atom. The summed E-state index contributed by atoms with van der Waals surface area (Å²) in [5, 5.41) is 9.52. The summed E-state index contributed by atoms with van der Waals surface area (Å²) in [6.07, 6.45) is -1.23. The molecule has 0 radical (unpaired) electrons. The van der Waals surface area contributed by atoms with Gasteiger partial charge < -0.3 is 9.84 Å². The third-order valence-electron chi connectivity index (χ3n) is 2.22. The first-order chi connectivity index (χ1) is 7.56. The largest absolute Gasteiger partial charge is 0.465 e. The number of carboxylic acid groups (broad SMARTS) is 1. The van der Waals surface area contributed by atoms with Crippen molar-refractivity contribution >= 4 is 23.4 Å². The lowest BCUT2D eigenvalue weighted by atomic mass is 10.2. The number of amides is 1. The van der Waals surface area contributed by atoms with E-state index in [2.05, 4.69) is 0 Å². The predicted molar refractivity (Wildman–Crippen MR) is 63.3 cm³/mol. The van der Waals surface area contributed by atoms with Gasteiger partial charge in [-0.1, -0.05) is 23.7 Å². The minimum Gasteiger partial charge on any atom is -0.465 e. The van der Waals surface area contributed by atoms with Crippen molar-refractivity contribution in [3.05, 3.63) is 29.3 Å². The number of ether oxygens (including phenoxy) is 1. The topological polar surface area (TPSA) is 49.8 Å². The van der Waals surface area contributed by atoms with Crippen LogP contribution in [0.3, 0.4) is 0 Å². The molecule has 1 atom stereocenters. The SMILES string of the molecule is CO[C@@H](C)CN(C(=O)O)c1ccccc1Cl. The summed E-state index contributed by atoms with van der Waals surface area (Å²) in [5.41, 5.74) is 0.473. The molecule has 5 heteroatoms. The minimum absolute atomic E-state index is 0.188. The zero-order chi connectivity index (χ0) is 12.1. The highest BCUT2D eigenvalue weighted by Crippen LogP contribution is 2.25. The molecule has 1 amide bonds. The monoisotopic (exact) mass is 243 g/mol. The van der Waals surface area contributed by atoms with Gasteiger partial charge >= 0.3 is 6.09 Å². The van der Waals surface area contributed by atoms with Crippen molar-refractivity contribution in [1.82, 2.24) is 0 Å². The highest BCUT2D eigenvalue weighted by molar-refractivity contribution is 6.33. The number of benzene rings is 1. The van der Waals surface area contributed by atoms with Crippen LogP contribution < -0.4 is 4.90 Å². The normalized spacial score (nSPS) is 12.2. The van der Waals surface area contributed by atoms with Crippen LogP contribution in [0.25, 0.3) is 0 Å². The van der Waals surface area contributed by atoms with Crippen LogP contribution in [0, 0.1) is 0 Å². The fraction of sp³-hybridized carbons (Fsp3) is 0.364. The highest BCUT2D eigenvalue weighted by Gasteiger charge is 2.19. The van der Waals surface area contributed by atoms with Gasteiger partial charge in [0.05, 0.1) is 23.4 Å². The number of hydrogen-bond donors (Lipinski definition) is 1. The molecule has 1 aromatic carbocycles. The summed E-state index contributed by atoms with van der Waals surface area (Å²) in [6.45, 7) is 2.04. The third kappa shape index (κ3) is 3.12. The van der Waals surface area contributed by atoms with Gasteiger partial charge in [0.25, 0.3) is 0 Å². The maximum Gasteiger partial charge on any atom is 0.411 e. The smallest absolute Gasteiger partial charge is 0.411 e. The van der Waals surface area contributed by atoms with Crippen LogP contribution in [0.5, 0.6) is 0 Å². The molecule has 1 N–H and O–H groups in total. The van der Waals surface area contributed by atoms with Gasteiger partial charge in [0.1, 0.15) is 0 Å². The van der Waals surface area contributed by atoms with Crippen molar-refractivity contribution in [2.75, 3.05) is 18.6 Å². The van der Waals surface area contributed by atoms with Gasteiger partial charge in [-0.3, -0.25) is 4.90 Å². The van der Waals surface area contributed by atoms with E-state index in [1.54, 1.807) is 31.2 Å². The van der Waals surface area contributed by atoms with E-state index in [1.165, 1.54) is 12.0 Å². The van der Waals surface area contributed by atoms with Crippen molar-refractivity contribution in [3.8, 4) is 0 Å². The first-order valence-electron chi connectivity index (χ1n) is 4.84. The van der Waals surface area contributed by atoms with Crippen LogP contribution in [0.4, 0.5) is 10.5 Å². The molecular formula is C11H14ClNO3. The maximum absolute atomic E-state index is 11.1. The summed E-state index contributed by atoms with van der Waals surface area (Å²) >= 11 is 5.94. The van der Waals surface area contributed by atoms with Gasteiger partial charge in [0.2, 0.25) is 0 Å². The fourth-order valence-electron chi connectivity index (χ4n) is 1.28. The second-order valence-corrected chi connectivity index (χ2v) is 3.80. The molecule has 0 unspecified atom stereocenters. The second kappa shape index (κ2) is 5.72. The maximum atomic E-state index is 11.1. The average molecular weight is 244 g/mol. The predicted octanol–water partition coefficient (Wildman–Crippen LogP) is 2.86. The number of carbonyl (C=O) groups is 1. The average Bonchev–Trinajstić information content (AvgIpc) is 2.26. The Kier molecular flexibility index (Phi) is 4.58. The van der Waals surface area contributed by atoms with E-state index in [4.69, 9.17) is 21.4 Å². The molecule has 0 saturated carbocycles.